The first kappa shape index (κ1) is 23.9. The molecular weight excluding hydrogens is 496 g/mol. The molecule has 3 amide bonds. The van der Waals surface area contributed by atoms with E-state index in [-0.39, 0.29) is 29.5 Å². The lowest BCUT2D eigenvalue weighted by atomic mass is 10.1. The number of imide groups is 1. The van der Waals surface area contributed by atoms with E-state index in [1.165, 1.54) is 4.90 Å². The van der Waals surface area contributed by atoms with E-state index in [0.717, 1.165) is 28.2 Å². The van der Waals surface area contributed by atoms with Crippen molar-refractivity contribution in [2.45, 2.75) is 19.6 Å². The molecule has 36 heavy (non-hydrogen) atoms. The Balaban J connectivity index is 1.28. The van der Waals surface area contributed by atoms with Crippen LogP contribution in [0.15, 0.2) is 79.0 Å². The number of anilines is 1. The fraction of sp³-hybridized carbons (Fsp3) is 0.111. The molecule has 7 nitrogen and oxygen atoms in total. The Morgan fingerprint density at radius 1 is 0.917 bits per heavy atom. The number of hydrogen-bond acceptors (Lipinski definition) is 6. The van der Waals surface area contributed by atoms with Crippen molar-refractivity contribution in [2.75, 3.05) is 5.32 Å². The van der Waals surface area contributed by atoms with Crippen LogP contribution in [-0.2, 0) is 19.6 Å². The second-order valence-corrected chi connectivity index (χ2v) is 9.94. The van der Waals surface area contributed by atoms with Gasteiger partial charge < -0.3 is 10.6 Å². The van der Waals surface area contributed by atoms with Crippen molar-refractivity contribution < 1.29 is 14.4 Å². The molecule has 0 unspecified atom stereocenters. The Labute approximate surface area is 216 Å². The van der Waals surface area contributed by atoms with E-state index >= 15 is 0 Å². The van der Waals surface area contributed by atoms with Gasteiger partial charge in [0.05, 0.1) is 38.3 Å². The van der Waals surface area contributed by atoms with Gasteiger partial charge >= 0.3 is 0 Å². The number of benzene rings is 2. The van der Waals surface area contributed by atoms with E-state index in [1.807, 2.05) is 42.5 Å². The number of rotatable bonds is 8. The largest absolute Gasteiger partial charge is 0.321 e. The minimum absolute atomic E-state index is 0.133. The number of carbonyl (C=O) groups excluding carboxylic acids is 3. The highest BCUT2D eigenvalue weighted by atomic mass is 35.5. The average molecular weight is 517 g/mol. The van der Waals surface area contributed by atoms with Crippen LogP contribution in [-0.4, -0.2) is 27.6 Å². The van der Waals surface area contributed by atoms with Crippen molar-refractivity contribution in [3.63, 3.8) is 0 Å². The summed E-state index contributed by atoms with van der Waals surface area (Å²) in [6.45, 7) is 1.39. The maximum atomic E-state index is 13.3. The van der Waals surface area contributed by atoms with Crippen LogP contribution in [0.2, 0.25) is 4.34 Å². The second-order valence-electron chi connectivity index (χ2n) is 8.23. The maximum absolute atomic E-state index is 13.3. The molecule has 1 aliphatic rings. The van der Waals surface area contributed by atoms with Gasteiger partial charge in [0.2, 0.25) is 0 Å². The quantitative estimate of drug-likeness (QED) is 0.317. The first-order valence-corrected chi connectivity index (χ1v) is 12.4. The van der Waals surface area contributed by atoms with Gasteiger partial charge in [-0.3, -0.25) is 24.3 Å². The predicted molar refractivity (Wildman–Crippen MR) is 139 cm³/mol. The summed E-state index contributed by atoms with van der Waals surface area (Å²) in [5, 5.41) is 6.11. The Morgan fingerprint density at radius 2 is 1.75 bits per heavy atom. The summed E-state index contributed by atoms with van der Waals surface area (Å²) in [4.78, 5) is 44.9. The van der Waals surface area contributed by atoms with Crippen LogP contribution in [0.1, 0.15) is 47.2 Å². The number of amides is 3. The molecule has 180 valence electrons. The number of aromatic nitrogens is 1. The van der Waals surface area contributed by atoms with Crippen LogP contribution in [0.5, 0.6) is 0 Å². The van der Waals surface area contributed by atoms with Gasteiger partial charge in [0.25, 0.3) is 17.7 Å². The van der Waals surface area contributed by atoms with E-state index in [4.69, 9.17) is 11.6 Å². The highest BCUT2D eigenvalue weighted by molar-refractivity contribution is 7.18. The van der Waals surface area contributed by atoms with E-state index in [9.17, 15) is 14.4 Å². The molecule has 0 atom stereocenters. The van der Waals surface area contributed by atoms with Crippen molar-refractivity contribution >= 4 is 46.3 Å². The van der Waals surface area contributed by atoms with Gasteiger partial charge in [-0.15, -0.1) is 11.3 Å². The summed E-state index contributed by atoms with van der Waals surface area (Å²) in [5.41, 5.74) is 3.59. The number of hydrogen-bond donors (Lipinski definition) is 2. The average Bonchev–Trinajstić information content (AvgIpc) is 3.43. The van der Waals surface area contributed by atoms with Gasteiger partial charge in [0.1, 0.15) is 0 Å². The van der Waals surface area contributed by atoms with Crippen LogP contribution in [0.3, 0.4) is 0 Å². The fourth-order valence-electron chi connectivity index (χ4n) is 4.06. The van der Waals surface area contributed by atoms with Gasteiger partial charge in [-0.25, -0.2) is 0 Å². The topological polar surface area (TPSA) is 91.4 Å². The monoisotopic (exact) mass is 516 g/mol. The highest BCUT2D eigenvalue weighted by Gasteiger charge is 2.37. The number of nitrogens with one attached hydrogen (secondary N) is 2. The number of thiophene rings is 1. The fourth-order valence-corrected chi connectivity index (χ4v) is 5.00. The molecule has 4 aromatic rings. The summed E-state index contributed by atoms with van der Waals surface area (Å²) < 4.78 is 0.491. The number of fused-ring (bicyclic) bond motifs is 1. The first-order valence-electron chi connectivity index (χ1n) is 11.2. The van der Waals surface area contributed by atoms with E-state index in [2.05, 4.69) is 15.6 Å². The molecule has 0 spiro atoms. The Bertz CT molecular complexity index is 1450. The molecule has 0 radical (unpaired) electrons. The highest BCUT2D eigenvalue weighted by Crippen LogP contribution is 2.31. The molecule has 2 aromatic carbocycles. The van der Waals surface area contributed by atoms with Crippen molar-refractivity contribution in [1.82, 2.24) is 15.2 Å². The van der Waals surface area contributed by atoms with Gasteiger partial charge in [0.15, 0.2) is 0 Å². The van der Waals surface area contributed by atoms with Crippen LogP contribution in [0.4, 0.5) is 5.69 Å². The summed E-state index contributed by atoms with van der Waals surface area (Å²) in [5.74, 6) is -1.21. The molecule has 0 aliphatic carbocycles. The molecule has 0 bridgehead atoms. The molecule has 1 aliphatic heterocycles. The number of pyridine rings is 1. The molecule has 0 fully saturated rings. The zero-order valence-electron chi connectivity index (χ0n) is 19.0. The Kier molecular flexibility index (Phi) is 6.90. The van der Waals surface area contributed by atoms with Gasteiger partial charge in [-0.05, 0) is 47.5 Å². The Hall–Kier alpha value is -3.85. The molecule has 2 N–H and O–H groups in total. The zero-order chi connectivity index (χ0) is 25.1. The van der Waals surface area contributed by atoms with Gasteiger partial charge in [-0.1, -0.05) is 48.0 Å². The minimum atomic E-state index is -0.436. The number of nitrogens with zero attached hydrogens (tertiary/aromatic N) is 2. The SMILES string of the molecule is O=C(Nc1cccc2c1C(=O)N(Cc1cccc(CNCc3ccccn3)c1)C2=O)c1ccc(Cl)s1. The summed E-state index contributed by atoms with van der Waals surface area (Å²) >= 11 is 7.07. The van der Waals surface area contributed by atoms with Gasteiger partial charge in [-0.2, -0.15) is 0 Å². The van der Waals surface area contributed by atoms with Crippen molar-refractivity contribution in [1.29, 1.82) is 0 Å². The molecule has 3 heterocycles. The third-order valence-corrected chi connectivity index (χ3v) is 6.97. The lowest BCUT2D eigenvalue weighted by Gasteiger charge is -2.15. The standard InChI is InChI=1S/C27H21ClN4O3S/c28-23-11-10-22(36-23)25(33)31-21-9-4-8-20-24(21)27(35)32(26(20)34)16-18-6-3-5-17(13-18)14-29-15-19-7-1-2-12-30-19/h1-13,29H,14-16H2,(H,31,33). The number of halogens is 1. The Morgan fingerprint density at radius 3 is 2.53 bits per heavy atom. The lowest BCUT2D eigenvalue weighted by molar-refractivity contribution is 0.0642. The van der Waals surface area contributed by atoms with Crippen LogP contribution >= 0.6 is 22.9 Å². The maximum Gasteiger partial charge on any atom is 0.265 e. The number of carbonyl (C=O) groups is 3. The second kappa shape index (κ2) is 10.4. The third-order valence-electron chi connectivity index (χ3n) is 5.74. The molecular formula is C27H21ClN4O3S. The smallest absolute Gasteiger partial charge is 0.265 e. The lowest BCUT2D eigenvalue weighted by Crippen LogP contribution is -2.29. The third kappa shape index (κ3) is 5.06. The summed E-state index contributed by atoms with van der Waals surface area (Å²) in [6, 6.07) is 21.6. The molecule has 2 aromatic heterocycles. The molecule has 0 saturated carbocycles. The predicted octanol–water partition coefficient (Wildman–Crippen LogP) is 5.13. The first-order chi connectivity index (χ1) is 17.5. The van der Waals surface area contributed by atoms with Crippen LogP contribution in [0.25, 0.3) is 0 Å². The van der Waals surface area contributed by atoms with E-state index < -0.39 is 5.91 Å². The normalized spacial score (nSPS) is 12.6. The van der Waals surface area contributed by atoms with Crippen molar-refractivity contribution in [3.8, 4) is 0 Å². The molecule has 5 rings (SSSR count). The van der Waals surface area contributed by atoms with Crippen molar-refractivity contribution in [3.05, 3.63) is 116 Å². The minimum Gasteiger partial charge on any atom is -0.321 e. The van der Waals surface area contributed by atoms with Crippen LogP contribution in [0, 0.1) is 0 Å². The van der Waals surface area contributed by atoms with Gasteiger partial charge in [0, 0.05) is 19.3 Å². The summed E-state index contributed by atoms with van der Waals surface area (Å²) in [6.07, 6.45) is 1.76. The van der Waals surface area contributed by atoms with Crippen molar-refractivity contribution in [2.24, 2.45) is 0 Å². The van der Waals surface area contributed by atoms with E-state index in [1.54, 1.807) is 36.5 Å². The molecule has 9 heteroatoms. The van der Waals surface area contributed by atoms with E-state index in [0.29, 0.717) is 28.0 Å². The summed E-state index contributed by atoms with van der Waals surface area (Å²) in [7, 11) is 0. The van der Waals surface area contributed by atoms with Crippen LogP contribution < -0.4 is 10.6 Å². The molecule has 0 saturated heterocycles. The zero-order valence-corrected chi connectivity index (χ0v) is 20.6.